The molecule has 1 aromatic heterocycles. The maximum atomic E-state index is 11.9. The Bertz CT molecular complexity index is 1370. The average Bonchev–Trinajstić information content (AvgIpc) is 2.84. The highest BCUT2D eigenvalue weighted by molar-refractivity contribution is 5.89. The Balaban J connectivity index is 1.85. The molecule has 0 fully saturated rings. The van der Waals surface area contributed by atoms with E-state index in [0.29, 0.717) is 29.4 Å². The van der Waals surface area contributed by atoms with Crippen molar-refractivity contribution in [3.63, 3.8) is 0 Å². The Morgan fingerprint density at radius 1 is 0.909 bits per heavy atom. The van der Waals surface area contributed by atoms with Gasteiger partial charge in [-0.25, -0.2) is 9.79 Å². The molecule has 0 radical (unpaired) electrons. The summed E-state index contributed by atoms with van der Waals surface area (Å²) in [6, 6.07) is 20.6. The quantitative estimate of drug-likeness (QED) is 0.351. The van der Waals surface area contributed by atoms with Crippen LogP contribution in [-0.2, 0) is 4.74 Å². The van der Waals surface area contributed by atoms with E-state index in [1.165, 1.54) is 0 Å². The number of methoxy groups -OCH3 is 2. The highest BCUT2D eigenvalue weighted by Gasteiger charge is 2.11. The molecule has 0 unspecified atom stereocenters. The van der Waals surface area contributed by atoms with Crippen LogP contribution in [0.1, 0.15) is 22.8 Å². The van der Waals surface area contributed by atoms with Crippen LogP contribution in [0, 0.1) is 6.92 Å². The molecule has 0 bridgehead atoms. The zero-order valence-electron chi connectivity index (χ0n) is 19.0. The highest BCUT2D eigenvalue weighted by Crippen LogP contribution is 2.33. The summed E-state index contributed by atoms with van der Waals surface area (Å²) >= 11 is 0. The van der Waals surface area contributed by atoms with Crippen LogP contribution >= 0.6 is 0 Å². The van der Waals surface area contributed by atoms with Gasteiger partial charge in [0.2, 0.25) is 0 Å². The Morgan fingerprint density at radius 2 is 1.67 bits per heavy atom. The van der Waals surface area contributed by atoms with Crippen LogP contribution in [0.25, 0.3) is 22.3 Å². The van der Waals surface area contributed by atoms with Crippen molar-refractivity contribution in [1.82, 2.24) is 0 Å². The largest absolute Gasteiger partial charge is 0.493 e. The van der Waals surface area contributed by atoms with Crippen molar-refractivity contribution in [2.75, 3.05) is 20.8 Å². The summed E-state index contributed by atoms with van der Waals surface area (Å²) in [5.41, 5.74) is 3.87. The molecule has 168 valence electrons. The number of hydrogen-bond donors (Lipinski definition) is 0. The van der Waals surface area contributed by atoms with Gasteiger partial charge in [-0.15, -0.1) is 0 Å². The Labute approximate surface area is 192 Å². The lowest BCUT2D eigenvalue weighted by Crippen LogP contribution is -2.05. The van der Waals surface area contributed by atoms with Gasteiger partial charge in [-0.2, -0.15) is 0 Å². The molecule has 0 saturated heterocycles. The van der Waals surface area contributed by atoms with Crippen LogP contribution in [0.3, 0.4) is 0 Å². The second-order valence-corrected chi connectivity index (χ2v) is 7.44. The molecule has 0 aliphatic heterocycles. The minimum absolute atomic E-state index is 0.336. The first kappa shape index (κ1) is 22.1. The second kappa shape index (κ2) is 9.61. The standard InChI is InChI=1S/C27H25NO5/c1-5-32-27(29)18-7-10-20(11-8-18)28-22-16-25(33-23-12-6-17(2)14-21(22)23)19-9-13-24(30-3)26(15-19)31-4/h6-16H,5H2,1-4H3. The fourth-order valence-corrected chi connectivity index (χ4v) is 3.53. The number of benzene rings is 3. The van der Waals surface area contributed by atoms with Crippen LogP contribution in [0.5, 0.6) is 11.5 Å². The van der Waals surface area contributed by atoms with Crippen LogP contribution in [0.4, 0.5) is 5.69 Å². The van der Waals surface area contributed by atoms with Gasteiger partial charge in [-0.3, -0.25) is 0 Å². The van der Waals surface area contributed by atoms with Gasteiger partial charge in [0, 0.05) is 17.0 Å². The van der Waals surface area contributed by atoms with E-state index in [9.17, 15) is 4.79 Å². The fraction of sp³-hybridized carbons (Fsp3) is 0.185. The Morgan fingerprint density at radius 3 is 2.36 bits per heavy atom. The van der Waals surface area contributed by atoms with Crippen molar-refractivity contribution in [2.24, 2.45) is 4.99 Å². The molecule has 33 heavy (non-hydrogen) atoms. The molecule has 0 spiro atoms. The predicted octanol–water partition coefficient (Wildman–Crippen LogP) is 5.83. The molecular formula is C27H25NO5. The van der Waals surface area contributed by atoms with E-state index in [1.54, 1.807) is 45.4 Å². The van der Waals surface area contributed by atoms with E-state index in [1.807, 2.05) is 49.4 Å². The Kier molecular flexibility index (Phi) is 6.45. The minimum Gasteiger partial charge on any atom is -0.493 e. The van der Waals surface area contributed by atoms with Gasteiger partial charge in [0.25, 0.3) is 0 Å². The zero-order chi connectivity index (χ0) is 23.4. The molecular weight excluding hydrogens is 418 g/mol. The monoisotopic (exact) mass is 443 g/mol. The SMILES string of the molecule is CCOC(=O)c1ccc(N=c2cc(-c3ccc(OC)c(OC)c3)oc3ccc(C)cc23)cc1. The molecule has 3 aromatic carbocycles. The molecule has 0 saturated carbocycles. The van der Waals surface area contributed by atoms with Crippen molar-refractivity contribution in [3.05, 3.63) is 83.2 Å². The normalized spacial score (nSPS) is 11.5. The van der Waals surface area contributed by atoms with E-state index >= 15 is 0 Å². The lowest BCUT2D eigenvalue weighted by molar-refractivity contribution is 0.0526. The highest BCUT2D eigenvalue weighted by atomic mass is 16.5. The molecule has 0 aliphatic carbocycles. The first-order chi connectivity index (χ1) is 16.0. The van der Waals surface area contributed by atoms with Crippen LogP contribution < -0.4 is 14.8 Å². The number of hydrogen-bond acceptors (Lipinski definition) is 6. The van der Waals surface area contributed by atoms with E-state index in [0.717, 1.165) is 33.1 Å². The number of aryl methyl sites for hydroxylation is 1. The van der Waals surface area contributed by atoms with Gasteiger partial charge in [0.1, 0.15) is 11.3 Å². The molecule has 1 heterocycles. The number of fused-ring (bicyclic) bond motifs is 1. The number of esters is 1. The van der Waals surface area contributed by atoms with E-state index in [2.05, 4.69) is 0 Å². The lowest BCUT2D eigenvalue weighted by atomic mass is 10.1. The maximum Gasteiger partial charge on any atom is 0.338 e. The number of carbonyl (C=O) groups is 1. The maximum absolute atomic E-state index is 11.9. The molecule has 4 rings (SSSR count). The van der Waals surface area contributed by atoms with Gasteiger partial charge in [0.05, 0.1) is 37.4 Å². The fourth-order valence-electron chi connectivity index (χ4n) is 3.53. The zero-order valence-corrected chi connectivity index (χ0v) is 19.0. The van der Waals surface area contributed by atoms with Crippen LogP contribution in [-0.4, -0.2) is 26.8 Å². The number of nitrogens with zero attached hydrogens (tertiary/aromatic N) is 1. The molecule has 6 heteroatoms. The summed E-state index contributed by atoms with van der Waals surface area (Å²) in [4.78, 5) is 16.8. The van der Waals surface area contributed by atoms with Crippen molar-refractivity contribution in [2.45, 2.75) is 13.8 Å². The number of ether oxygens (including phenoxy) is 3. The molecule has 0 atom stereocenters. The first-order valence-electron chi connectivity index (χ1n) is 10.6. The summed E-state index contributed by atoms with van der Waals surface area (Å²) in [7, 11) is 3.20. The van der Waals surface area contributed by atoms with Crippen molar-refractivity contribution < 1.29 is 23.4 Å². The van der Waals surface area contributed by atoms with Crippen molar-refractivity contribution in [3.8, 4) is 22.8 Å². The molecule has 0 amide bonds. The van der Waals surface area contributed by atoms with Crippen LogP contribution in [0.15, 0.2) is 76.1 Å². The lowest BCUT2D eigenvalue weighted by Gasteiger charge is -2.10. The summed E-state index contributed by atoms with van der Waals surface area (Å²) in [6.07, 6.45) is 0. The van der Waals surface area contributed by atoms with Gasteiger partial charge in [-0.05, 0) is 68.4 Å². The predicted molar refractivity (Wildman–Crippen MR) is 127 cm³/mol. The number of carbonyl (C=O) groups excluding carboxylic acids is 1. The summed E-state index contributed by atoms with van der Waals surface area (Å²) in [6.45, 7) is 4.15. The van der Waals surface area contributed by atoms with Crippen LogP contribution in [0.2, 0.25) is 0 Å². The summed E-state index contributed by atoms with van der Waals surface area (Å²) in [5, 5.41) is 1.65. The second-order valence-electron chi connectivity index (χ2n) is 7.44. The average molecular weight is 443 g/mol. The van der Waals surface area contributed by atoms with Gasteiger partial charge < -0.3 is 18.6 Å². The van der Waals surface area contributed by atoms with Gasteiger partial charge in [0.15, 0.2) is 11.5 Å². The third-order valence-corrected chi connectivity index (χ3v) is 5.19. The smallest absolute Gasteiger partial charge is 0.338 e. The van der Waals surface area contributed by atoms with E-state index in [-0.39, 0.29) is 5.97 Å². The number of rotatable bonds is 6. The third kappa shape index (κ3) is 4.75. The summed E-state index contributed by atoms with van der Waals surface area (Å²) in [5.74, 6) is 1.56. The third-order valence-electron chi connectivity index (χ3n) is 5.19. The Hall–Kier alpha value is -4.06. The van der Waals surface area contributed by atoms with Gasteiger partial charge >= 0.3 is 5.97 Å². The molecule has 0 N–H and O–H groups in total. The van der Waals surface area contributed by atoms with E-state index in [4.69, 9.17) is 23.6 Å². The molecule has 4 aromatic rings. The first-order valence-corrected chi connectivity index (χ1v) is 10.6. The molecule has 6 nitrogen and oxygen atoms in total. The van der Waals surface area contributed by atoms with E-state index < -0.39 is 0 Å². The van der Waals surface area contributed by atoms with Crippen molar-refractivity contribution >= 4 is 22.6 Å². The minimum atomic E-state index is -0.348. The van der Waals surface area contributed by atoms with Crippen molar-refractivity contribution in [1.29, 1.82) is 0 Å². The topological polar surface area (TPSA) is 70.3 Å². The summed E-state index contributed by atoms with van der Waals surface area (Å²) < 4.78 is 22.1. The van der Waals surface area contributed by atoms with Gasteiger partial charge in [-0.1, -0.05) is 11.6 Å². The molecule has 0 aliphatic rings.